The van der Waals surface area contributed by atoms with Crippen molar-refractivity contribution < 1.29 is 5.11 Å². The molecule has 0 fully saturated rings. The largest absolute Gasteiger partial charge is 0.396 e. The fraction of sp³-hybridized carbons (Fsp3) is 0.462. The highest BCUT2D eigenvalue weighted by atomic mass is 32.2. The number of benzene rings is 1. The molecule has 0 aliphatic carbocycles. The summed E-state index contributed by atoms with van der Waals surface area (Å²) < 4.78 is 0. The Morgan fingerprint density at radius 3 is 2.62 bits per heavy atom. The number of thioether (sulfide) groups is 1. The van der Waals surface area contributed by atoms with Gasteiger partial charge in [-0.05, 0) is 17.2 Å². The number of rotatable bonds is 6. The molecule has 0 aliphatic rings. The van der Waals surface area contributed by atoms with Crippen LogP contribution in [0.2, 0.25) is 0 Å². The minimum Gasteiger partial charge on any atom is -0.396 e. The Bertz CT molecular complexity index is 334. The van der Waals surface area contributed by atoms with Crippen molar-refractivity contribution in [3.8, 4) is 6.07 Å². The van der Waals surface area contributed by atoms with E-state index in [1.165, 1.54) is 5.56 Å². The highest BCUT2D eigenvalue weighted by Gasteiger charge is 2.12. The van der Waals surface area contributed by atoms with Gasteiger partial charge in [0.25, 0.3) is 0 Å². The zero-order valence-corrected chi connectivity index (χ0v) is 10.3. The fourth-order valence-corrected chi connectivity index (χ4v) is 2.56. The monoisotopic (exact) mass is 235 g/mol. The minimum atomic E-state index is 0.209. The first kappa shape index (κ1) is 13.1. The van der Waals surface area contributed by atoms with Crippen LogP contribution in [0.3, 0.4) is 0 Å². The van der Waals surface area contributed by atoms with Crippen LogP contribution >= 0.6 is 11.8 Å². The van der Waals surface area contributed by atoms with E-state index in [0.29, 0.717) is 6.42 Å². The van der Waals surface area contributed by atoms with E-state index in [0.717, 1.165) is 5.75 Å². The Morgan fingerprint density at radius 2 is 2.06 bits per heavy atom. The van der Waals surface area contributed by atoms with Crippen LogP contribution in [0, 0.1) is 17.2 Å². The summed E-state index contributed by atoms with van der Waals surface area (Å²) in [6, 6.07) is 12.3. The van der Waals surface area contributed by atoms with Crippen molar-refractivity contribution in [2.24, 2.45) is 5.92 Å². The number of aliphatic hydroxyl groups excluding tert-OH is 1. The first-order valence-corrected chi connectivity index (χ1v) is 6.47. The maximum Gasteiger partial charge on any atom is 0.0636 e. The van der Waals surface area contributed by atoms with Crippen LogP contribution in [0.1, 0.15) is 24.2 Å². The van der Waals surface area contributed by atoms with Crippen molar-refractivity contribution in [3.63, 3.8) is 0 Å². The molecule has 2 nitrogen and oxygen atoms in total. The minimum absolute atomic E-state index is 0.209. The Balaban J connectivity index is 2.58. The summed E-state index contributed by atoms with van der Waals surface area (Å²) >= 11 is 1.75. The Labute approximate surface area is 101 Å². The highest BCUT2D eigenvalue weighted by molar-refractivity contribution is 7.99. The van der Waals surface area contributed by atoms with Crippen molar-refractivity contribution in [2.45, 2.75) is 18.6 Å². The normalized spacial score (nSPS) is 14.1. The van der Waals surface area contributed by atoms with Crippen molar-refractivity contribution in [1.82, 2.24) is 0 Å². The van der Waals surface area contributed by atoms with Crippen molar-refractivity contribution in [3.05, 3.63) is 35.9 Å². The van der Waals surface area contributed by atoms with E-state index < -0.39 is 0 Å². The van der Waals surface area contributed by atoms with Crippen LogP contribution in [0.15, 0.2) is 30.3 Å². The van der Waals surface area contributed by atoms with Gasteiger partial charge in [-0.15, -0.1) is 0 Å². The lowest BCUT2D eigenvalue weighted by Gasteiger charge is -2.15. The van der Waals surface area contributed by atoms with Gasteiger partial charge in [0.15, 0.2) is 0 Å². The van der Waals surface area contributed by atoms with Gasteiger partial charge in [-0.1, -0.05) is 37.3 Å². The van der Waals surface area contributed by atoms with Crippen molar-refractivity contribution in [2.75, 3.05) is 12.4 Å². The second kappa shape index (κ2) is 7.32. The second-order valence-electron chi connectivity index (χ2n) is 3.88. The molecule has 0 saturated carbocycles. The molecule has 1 aromatic carbocycles. The van der Waals surface area contributed by atoms with Crippen LogP contribution in [0.5, 0.6) is 0 Å². The standard InChI is InChI=1S/C13H17NOS/c1-11(9-15)10-16-13(7-8-14)12-5-3-2-4-6-12/h2-6,11,13,15H,7,9-10H2,1H3. The van der Waals surface area contributed by atoms with Gasteiger partial charge in [-0.25, -0.2) is 0 Å². The first-order chi connectivity index (χ1) is 7.77. The maximum absolute atomic E-state index is 8.97. The van der Waals surface area contributed by atoms with Crippen LogP contribution < -0.4 is 0 Å². The second-order valence-corrected chi connectivity index (χ2v) is 5.12. The van der Waals surface area contributed by atoms with Crippen LogP contribution in [-0.2, 0) is 0 Å². The van der Waals surface area contributed by atoms with Gasteiger partial charge in [-0.2, -0.15) is 17.0 Å². The molecule has 0 heterocycles. The van der Waals surface area contributed by atoms with E-state index in [9.17, 15) is 0 Å². The molecule has 0 aromatic heterocycles. The van der Waals surface area contributed by atoms with E-state index >= 15 is 0 Å². The summed E-state index contributed by atoms with van der Waals surface area (Å²) in [7, 11) is 0. The number of nitrogens with zero attached hydrogens (tertiary/aromatic N) is 1. The quantitative estimate of drug-likeness (QED) is 0.824. The number of hydrogen-bond donors (Lipinski definition) is 1. The lowest BCUT2D eigenvalue weighted by molar-refractivity contribution is 0.250. The molecular formula is C13H17NOS. The molecule has 1 aromatic rings. The fourth-order valence-electron chi connectivity index (χ4n) is 1.36. The average molecular weight is 235 g/mol. The summed E-state index contributed by atoms with van der Waals surface area (Å²) in [5.41, 5.74) is 1.19. The van der Waals surface area contributed by atoms with Gasteiger partial charge in [0.2, 0.25) is 0 Å². The molecule has 1 N–H and O–H groups in total. The van der Waals surface area contributed by atoms with Gasteiger partial charge in [0, 0.05) is 11.9 Å². The third kappa shape index (κ3) is 4.26. The van der Waals surface area contributed by atoms with Crippen molar-refractivity contribution in [1.29, 1.82) is 5.26 Å². The molecule has 2 atom stereocenters. The Hall–Kier alpha value is -0.980. The number of hydrogen-bond acceptors (Lipinski definition) is 3. The molecule has 0 radical (unpaired) electrons. The molecule has 1 rings (SSSR count). The van der Waals surface area contributed by atoms with Gasteiger partial charge in [0.1, 0.15) is 0 Å². The Morgan fingerprint density at radius 1 is 1.38 bits per heavy atom. The molecule has 16 heavy (non-hydrogen) atoms. The molecule has 0 aliphatic heterocycles. The van der Waals surface area contributed by atoms with Gasteiger partial charge >= 0.3 is 0 Å². The molecule has 0 amide bonds. The van der Waals surface area contributed by atoms with Crippen molar-refractivity contribution >= 4 is 11.8 Å². The molecule has 86 valence electrons. The van der Waals surface area contributed by atoms with Crippen LogP contribution in [0.4, 0.5) is 0 Å². The maximum atomic E-state index is 8.97. The summed E-state index contributed by atoms with van der Waals surface area (Å²) in [6.07, 6.45) is 0.521. The number of nitriles is 1. The predicted octanol–water partition coefficient (Wildman–Crippen LogP) is 3.00. The van der Waals surface area contributed by atoms with Gasteiger partial charge in [0.05, 0.1) is 12.5 Å². The zero-order valence-electron chi connectivity index (χ0n) is 9.47. The van der Waals surface area contributed by atoms with E-state index in [4.69, 9.17) is 10.4 Å². The lowest BCUT2D eigenvalue weighted by atomic mass is 10.1. The van der Waals surface area contributed by atoms with E-state index in [1.807, 2.05) is 25.1 Å². The van der Waals surface area contributed by atoms with Gasteiger partial charge < -0.3 is 5.11 Å². The summed E-state index contributed by atoms with van der Waals surface area (Å²) in [5, 5.41) is 18.0. The van der Waals surface area contributed by atoms with Gasteiger partial charge in [-0.3, -0.25) is 0 Å². The van der Waals surface area contributed by atoms with E-state index in [-0.39, 0.29) is 17.8 Å². The molecular weight excluding hydrogens is 218 g/mol. The smallest absolute Gasteiger partial charge is 0.0636 e. The zero-order chi connectivity index (χ0) is 11.8. The third-order valence-electron chi connectivity index (χ3n) is 2.34. The molecule has 2 unspecified atom stereocenters. The summed E-state index contributed by atoms with van der Waals surface area (Å²) in [6.45, 7) is 2.22. The third-order valence-corrected chi connectivity index (χ3v) is 3.94. The molecule has 3 heteroatoms. The highest BCUT2D eigenvalue weighted by Crippen LogP contribution is 2.32. The average Bonchev–Trinajstić information content (AvgIpc) is 2.35. The summed E-state index contributed by atoms with van der Waals surface area (Å²) in [5.74, 6) is 1.17. The van der Waals surface area contributed by atoms with Crippen LogP contribution in [0.25, 0.3) is 0 Å². The molecule has 0 bridgehead atoms. The van der Waals surface area contributed by atoms with Crippen LogP contribution in [-0.4, -0.2) is 17.5 Å². The topological polar surface area (TPSA) is 44.0 Å². The predicted molar refractivity (Wildman–Crippen MR) is 68.1 cm³/mol. The number of aliphatic hydroxyl groups is 1. The first-order valence-electron chi connectivity index (χ1n) is 5.42. The SMILES string of the molecule is CC(CO)CSC(CC#N)c1ccccc1. The van der Waals surface area contributed by atoms with E-state index in [2.05, 4.69) is 18.2 Å². The lowest BCUT2D eigenvalue weighted by Crippen LogP contribution is -2.05. The summed E-state index contributed by atoms with van der Waals surface area (Å²) in [4.78, 5) is 0. The molecule has 0 saturated heterocycles. The molecule has 0 spiro atoms. The Kier molecular flexibility index (Phi) is 5.99. The van der Waals surface area contributed by atoms with E-state index in [1.54, 1.807) is 11.8 Å².